The first kappa shape index (κ1) is 20.8. The van der Waals surface area contributed by atoms with Gasteiger partial charge in [0, 0.05) is 44.4 Å². The molecule has 0 aliphatic carbocycles. The predicted molar refractivity (Wildman–Crippen MR) is 96.6 cm³/mol. The molecular formula is C19H21F3N4O3. The van der Waals surface area contributed by atoms with Crippen LogP contribution in [0.4, 0.5) is 13.2 Å². The molecule has 1 fully saturated rings. The minimum Gasteiger partial charge on any atom is -0.475 e. The molecule has 156 valence electrons. The molecule has 3 heterocycles. The number of rotatable bonds is 5. The lowest BCUT2D eigenvalue weighted by Crippen LogP contribution is -2.42. The van der Waals surface area contributed by atoms with Crippen LogP contribution in [0.3, 0.4) is 0 Å². The normalized spacial score (nSPS) is 15.4. The molecule has 1 amide bonds. The number of likely N-dealkylation sites (tertiary alicyclic amines) is 1. The zero-order valence-electron chi connectivity index (χ0n) is 16.0. The van der Waals surface area contributed by atoms with Crippen LogP contribution in [0.25, 0.3) is 0 Å². The number of amides is 1. The number of nitrogens with zero attached hydrogens (tertiary/aromatic N) is 4. The first-order chi connectivity index (χ1) is 13.7. The molecule has 0 aromatic carbocycles. The fraction of sp³-hybridized carbons (Fsp3) is 0.474. The van der Waals surface area contributed by atoms with Crippen LogP contribution in [0.15, 0.2) is 30.6 Å². The summed E-state index contributed by atoms with van der Waals surface area (Å²) in [6.45, 7) is 4.59. The summed E-state index contributed by atoms with van der Waals surface area (Å²) in [6, 6.07) is 3.79. The molecule has 1 saturated heterocycles. The summed E-state index contributed by atoms with van der Waals surface area (Å²) in [6.07, 6.45) is -1.50. The Labute approximate surface area is 165 Å². The summed E-state index contributed by atoms with van der Waals surface area (Å²) in [5, 5.41) is 0. The Balaban J connectivity index is 1.54. The molecule has 0 atom stereocenters. The third-order valence-corrected chi connectivity index (χ3v) is 4.26. The smallest absolute Gasteiger partial charge is 0.433 e. The van der Waals surface area contributed by atoms with Gasteiger partial charge in [0.05, 0.1) is 11.7 Å². The zero-order chi connectivity index (χ0) is 21.0. The van der Waals surface area contributed by atoms with Gasteiger partial charge in [-0.05, 0) is 26.0 Å². The van der Waals surface area contributed by atoms with Crippen LogP contribution in [0.2, 0.25) is 0 Å². The Morgan fingerprint density at radius 1 is 1.17 bits per heavy atom. The van der Waals surface area contributed by atoms with Crippen LogP contribution in [-0.2, 0) is 6.18 Å². The third-order valence-electron chi connectivity index (χ3n) is 4.26. The molecule has 29 heavy (non-hydrogen) atoms. The second-order valence-corrected chi connectivity index (χ2v) is 6.88. The molecule has 0 N–H and O–H groups in total. The SMILES string of the molecule is CC(C)Oc1ccc(C(=O)N2CCC(Oc3nccc(C(F)(F)F)n3)CC2)cn1. The van der Waals surface area contributed by atoms with Gasteiger partial charge in [-0.1, -0.05) is 0 Å². The fourth-order valence-corrected chi connectivity index (χ4v) is 2.88. The maximum absolute atomic E-state index is 12.7. The number of hydrogen-bond acceptors (Lipinski definition) is 6. The Morgan fingerprint density at radius 2 is 1.90 bits per heavy atom. The highest BCUT2D eigenvalue weighted by atomic mass is 19.4. The van der Waals surface area contributed by atoms with Gasteiger partial charge in [0.2, 0.25) is 5.88 Å². The summed E-state index contributed by atoms with van der Waals surface area (Å²) >= 11 is 0. The largest absolute Gasteiger partial charge is 0.475 e. The molecule has 0 saturated carbocycles. The van der Waals surface area contributed by atoms with E-state index in [2.05, 4.69) is 15.0 Å². The second-order valence-electron chi connectivity index (χ2n) is 6.88. The number of pyridine rings is 1. The first-order valence-corrected chi connectivity index (χ1v) is 9.21. The van der Waals surface area contributed by atoms with Crippen molar-refractivity contribution in [1.82, 2.24) is 19.9 Å². The van der Waals surface area contributed by atoms with Gasteiger partial charge in [-0.3, -0.25) is 4.79 Å². The average Bonchev–Trinajstić information content (AvgIpc) is 2.68. The van der Waals surface area contributed by atoms with E-state index < -0.39 is 11.9 Å². The number of aromatic nitrogens is 3. The van der Waals surface area contributed by atoms with E-state index >= 15 is 0 Å². The van der Waals surface area contributed by atoms with Crippen LogP contribution in [-0.4, -0.2) is 51.1 Å². The summed E-state index contributed by atoms with van der Waals surface area (Å²) in [5.41, 5.74) is -0.603. The van der Waals surface area contributed by atoms with E-state index in [1.54, 1.807) is 17.0 Å². The summed E-state index contributed by atoms with van der Waals surface area (Å²) in [4.78, 5) is 25.6. The number of carbonyl (C=O) groups excluding carboxylic acids is 1. The van der Waals surface area contributed by atoms with Gasteiger partial charge < -0.3 is 14.4 Å². The van der Waals surface area contributed by atoms with Gasteiger partial charge in [0.25, 0.3) is 5.91 Å². The Kier molecular flexibility index (Phi) is 6.19. The highest BCUT2D eigenvalue weighted by molar-refractivity contribution is 5.94. The van der Waals surface area contributed by atoms with Crippen molar-refractivity contribution in [3.05, 3.63) is 41.9 Å². The van der Waals surface area contributed by atoms with Crippen LogP contribution in [0.1, 0.15) is 42.7 Å². The Morgan fingerprint density at radius 3 is 2.48 bits per heavy atom. The minimum atomic E-state index is -4.55. The van der Waals surface area contributed by atoms with Crippen LogP contribution >= 0.6 is 0 Å². The number of hydrogen-bond donors (Lipinski definition) is 0. The molecule has 0 radical (unpaired) electrons. The van der Waals surface area contributed by atoms with Gasteiger partial charge >= 0.3 is 12.2 Å². The van der Waals surface area contributed by atoms with Gasteiger partial charge in [-0.15, -0.1) is 0 Å². The van der Waals surface area contributed by atoms with Crippen molar-refractivity contribution in [1.29, 1.82) is 0 Å². The zero-order valence-corrected chi connectivity index (χ0v) is 16.0. The van der Waals surface area contributed by atoms with Crippen molar-refractivity contribution in [3.8, 4) is 11.9 Å². The van der Waals surface area contributed by atoms with E-state index in [9.17, 15) is 18.0 Å². The van der Waals surface area contributed by atoms with Crippen molar-refractivity contribution in [2.75, 3.05) is 13.1 Å². The van der Waals surface area contributed by atoms with Crippen molar-refractivity contribution in [3.63, 3.8) is 0 Å². The minimum absolute atomic E-state index is 0.0103. The molecule has 10 heteroatoms. The number of alkyl halides is 3. The van der Waals surface area contributed by atoms with E-state index in [0.717, 1.165) is 12.3 Å². The monoisotopic (exact) mass is 410 g/mol. The van der Waals surface area contributed by atoms with Gasteiger partial charge in [0.15, 0.2) is 5.69 Å². The maximum Gasteiger partial charge on any atom is 0.433 e. The van der Waals surface area contributed by atoms with Crippen molar-refractivity contribution in [2.24, 2.45) is 0 Å². The lowest BCUT2D eigenvalue weighted by atomic mass is 10.1. The van der Waals surface area contributed by atoms with Crippen molar-refractivity contribution in [2.45, 2.75) is 45.1 Å². The van der Waals surface area contributed by atoms with Crippen LogP contribution in [0.5, 0.6) is 11.9 Å². The molecule has 3 rings (SSSR count). The van der Waals surface area contributed by atoms with Crippen molar-refractivity contribution < 1.29 is 27.4 Å². The molecular weight excluding hydrogens is 389 g/mol. The summed E-state index contributed by atoms with van der Waals surface area (Å²) in [7, 11) is 0. The number of carbonyl (C=O) groups is 1. The molecule has 1 aliphatic heterocycles. The van der Waals surface area contributed by atoms with E-state index in [1.165, 1.54) is 6.20 Å². The van der Waals surface area contributed by atoms with Crippen LogP contribution in [0, 0.1) is 0 Å². The van der Waals surface area contributed by atoms with Gasteiger partial charge in [0.1, 0.15) is 6.10 Å². The third kappa shape index (κ3) is 5.55. The summed E-state index contributed by atoms with van der Waals surface area (Å²) < 4.78 is 49.1. The maximum atomic E-state index is 12.7. The number of halogens is 3. The summed E-state index contributed by atoms with van der Waals surface area (Å²) in [5.74, 6) is 0.284. The first-order valence-electron chi connectivity index (χ1n) is 9.21. The molecule has 0 bridgehead atoms. The topological polar surface area (TPSA) is 77.4 Å². The molecule has 2 aromatic heterocycles. The average molecular weight is 410 g/mol. The van der Waals surface area contributed by atoms with E-state index in [-0.39, 0.29) is 24.1 Å². The van der Waals surface area contributed by atoms with E-state index in [4.69, 9.17) is 9.47 Å². The lowest BCUT2D eigenvalue weighted by Gasteiger charge is -2.31. The quantitative estimate of drug-likeness (QED) is 0.752. The highest BCUT2D eigenvalue weighted by Gasteiger charge is 2.33. The standard InChI is InChI=1S/C19H21F3N4O3/c1-12(2)28-16-4-3-13(11-24-16)17(27)26-9-6-14(7-10-26)29-18-23-8-5-15(25-18)19(20,21)22/h3-5,8,11-12,14H,6-7,9-10H2,1-2H3. The van der Waals surface area contributed by atoms with Gasteiger partial charge in [-0.25, -0.2) is 9.97 Å². The molecule has 1 aliphatic rings. The molecule has 0 unspecified atom stereocenters. The van der Waals surface area contributed by atoms with E-state index in [1.807, 2.05) is 13.8 Å². The number of piperidine rings is 1. The second kappa shape index (κ2) is 8.62. The van der Waals surface area contributed by atoms with Crippen molar-refractivity contribution >= 4 is 5.91 Å². The number of ether oxygens (including phenoxy) is 2. The van der Waals surface area contributed by atoms with Crippen LogP contribution < -0.4 is 9.47 Å². The Bertz CT molecular complexity index is 835. The Hall–Kier alpha value is -2.91. The molecule has 2 aromatic rings. The lowest BCUT2D eigenvalue weighted by molar-refractivity contribution is -0.141. The fourth-order valence-electron chi connectivity index (χ4n) is 2.88. The molecule has 0 spiro atoms. The van der Waals surface area contributed by atoms with Gasteiger partial charge in [-0.2, -0.15) is 18.2 Å². The predicted octanol–water partition coefficient (Wildman–Crippen LogP) is 3.36. The highest BCUT2D eigenvalue weighted by Crippen LogP contribution is 2.28. The van der Waals surface area contributed by atoms with E-state index in [0.29, 0.717) is 37.4 Å². The molecule has 7 nitrogen and oxygen atoms in total.